The lowest BCUT2D eigenvalue weighted by atomic mass is 10.2. The second-order valence-electron chi connectivity index (χ2n) is 7.23. The Morgan fingerprint density at radius 3 is 2.39 bits per heavy atom. The van der Waals surface area contributed by atoms with Gasteiger partial charge in [-0.05, 0) is 37.6 Å². The quantitative estimate of drug-likeness (QED) is 0.300. The van der Waals surface area contributed by atoms with Gasteiger partial charge in [-0.3, -0.25) is 18.7 Å². The number of carbonyl (C=O) groups excluding carboxylic acids is 2. The van der Waals surface area contributed by atoms with Crippen molar-refractivity contribution in [3.05, 3.63) is 56.5 Å². The second-order valence-corrected chi connectivity index (χ2v) is 8.20. The van der Waals surface area contributed by atoms with Gasteiger partial charge in [-0.2, -0.15) is 0 Å². The van der Waals surface area contributed by atoms with E-state index in [1.807, 2.05) is 6.92 Å². The number of nitrogens with one attached hydrogen (secondary N) is 1. The minimum Gasteiger partial charge on any atom is -0.462 e. The molecular weight excluding hydrogens is 446 g/mol. The van der Waals surface area contributed by atoms with Gasteiger partial charge in [0.15, 0.2) is 5.65 Å². The molecule has 2 aromatic heterocycles. The topological polar surface area (TPSA) is 125 Å². The Morgan fingerprint density at radius 1 is 1.06 bits per heavy atom. The highest BCUT2D eigenvalue weighted by molar-refractivity contribution is 8.00. The molecule has 0 spiro atoms. The summed E-state index contributed by atoms with van der Waals surface area (Å²) >= 11 is 1.10. The Kier molecular flexibility index (Phi) is 7.64. The molecule has 0 bridgehead atoms. The maximum atomic E-state index is 12.8. The number of hydrogen-bond acceptors (Lipinski definition) is 8. The van der Waals surface area contributed by atoms with E-state index in [1.165, 1.54) is 11.6 Å². The van der Waals surface area contributed by atoms with Gasteiger partial charge in [0.05, 0.1) is 17.9 Å². The van der Waals surface area contributed by atoms with Crippen molar-refractivity contribution in [2.24, 2.45) is 14.1 Å². The fraction of sp³-hybridized carbons (Fsp3) is 0.364. The molecule has 0 aliphatic carbocycles. The van der Waals surface area contributed by atoms with Gasteiger partial charge >= 0.3 is 11.7 Å². The number of benzene rings is 1. The lowest BCUT2D eigenvalue weighted by Gasteiger charge is -2.12. The molecule has 0 fully saturated rings. The predicted octanol–water partition coefficient (Wildman–Crippen LogP) is 1.89. The van der Waals surface area contributed by atoms with Crippen molar-refractivity contribution >= 4 is 40.4 Å². The Hall–Kier alpha value is -3.47. The van der Waals surface area contributed by atoms with Crippen LogP contribution >= 0.6 is 11.8 Å². The summed E-state index contributed by atoms with van der Waals surface area (Å²) in [6, 6.07) is 6.36. The fourth-order valence-electron chi connectivity index (χ4n) is 3.15. The number of carbonyl (C=O) groups is 2. The zero-order chi connectivity index (χ0) is 24.1. The minimum absolute atomic E-state index is 0.0106. The van der Waals surface area contributed by atoms with E-state index < -0.39 is 17.2 Å². The van der Waals surface area contributed by atoms with Crippen LogP contribution in [0.15, 0.2) is 38.9 Å². The summed E-state index contributed by atoms with van der Waals surface area (Å²) in [5, 5.41) is 3.31. The summed E-state index contributed by atoms with van der Waals surface area (Å²) < 4.78 is 7.25. The van der Waals surface area contributed by atoms with Gasteiger partial charge in [-0.1, -0.05) is 18.7 Å². The van der Waals surface area contributed by atoms with Crippen LogP contribution in [0.1, 0.15) is 36.5 Å². The monoisotopic (exact) mass is 471 g/mol. The van der Waals surface area contributed by atoms with Crippen LogP contribution < -0.4 is 16.6 Å². The van der Waals surface area contributed by atoms with Gasteiger partial charge in [0.2, 0.25) is 5.91 Å². The summed E-state index contributed by atoms with van der Waals surface area (Å²) in [5.74, 6) is -0.246. The van der Waals surface area contributed by atoms with E-state index in [-0.39, 0.29) is 29.3 Å². The third-order valence-electron chi connectivity index (χ3n) is 4.81. The first-order valence-electron chi connectivity index (χ1n) is 10.4. The molecule has 0 aliphatic rings. The lowest BCUT2D eigenvalue weighted by molar-refractivity contribution is -0.113. The number of rotatable bonds is 8. The number of ether oxygens (including phenoxy) is 1. The van der Waals surface area contributed by atoms with Crippen molar-refractivity contribution in [1.29, 1.82) is 0 Å². The highest BCUT2D eigenvalue weighted by atomic mass is 32.2. The third kappa shape index (κ3) is 5.30. The molecule has 10 nitrogen and oxygen atoms in total. The Labute approximate surface area is 194 Å². The Morgan fingerprint density at radius 2 is 1.76 bits per heavy atom. The highest BCUT2D eigenvalue weighted by Crippen LogP contribution is 2.23. The van der Waals surface area contributed by atoms with Crippen LogP contribution in [-0.2, 0) is 30.0 Å². The predicted molar refractivity (Wildman–Crippen MR) is 126 cm³/mol. The lowest BCUT2D eigenvalue weighted by Crippen LogP contribution is -2.38. The van der Waals surface area contributed by atoms with E-state index in [2.05, 4.69) is 15.3 Å². The normalized spacial score (nSPS) is 10.9. The molecule has 2 heterocycles. The summed E-state index contributed by atoms with van der Waals surface area (Å²) in [6.07, 6.45) is 1.36. The largest absolute Gasteiger partial charge is 0.462 e. The van der Waals surface area contributed by atoms with Gasteiger partial charge in [-0.15, -0.1) is 0 Å². The van der Waals surface area contributed by atoms with Crippen molar-refractivity contribution < 1.29 is 14.3 Å². The van der Waals surface area contributed by atoms with Crippen LogP contribution in [0, 0.1) is 0 Å². The van der Waals surface area contributed by atoms with E-state index in [1.54, 1.807) is 38.2 Å². The Balaban J connectivity index is 1.83. The van der Waals surface area contributed by atoms with Gasteiger partial charge in [0.25, 0.3) is 5.56 Å². The molecule has 11 heteroatoms. The van der Waals surface area contributed by atoms with Crippen LogP contribution in [0.3, 0.4) is 0 Å². The van der Waals surface area contributed by atoms with Crippen LogP contribution in [0.25, 0.3) is 11.0 Å². The zero-order valence-corrected chi connectivity index (χ0v) is 19.7. The number of thioether (sulfide) groups is 1. The number of fused-ring (bicyclic) bond motifs is 1. The first kappa shape index (κ1) is 24.2. The zero-order valence-electron chi connectivity index (χ0n) is 18.9. The summed E-state index contributed by atoms with van der Waals surface area (Å²) in [6.45, 7) is 3.99. The molecule has 1 N–H and O–H groups in total. The molecule has 1 aromatic carbocycles. The molecule has 0 aliphatic heterocycles. The summed E-state index contributed by atoms with van der Waals surface area (Å²) in [7, 11) is 2.94. The fourth-order valence-corrected chi connectivity index (χ4v) is 3.98. The molecule has 3 rings (SSSR count). The van der Waals surface area contributed by atoms with E-state index in [0.29, 0.717) is 28.5 Å². The number of aromatic nitrogens is 4. The number of anilines is 1. The standard InChI is InChI=1S/C22H25N5O5S/c1-5-7-15-24-18-17(20(29)27(4)22(31)26(18)3)19(25-15)33-12-16(28)23-14-10-8-13(9-11-14)21(30)32-6-2/h8-11H,5-7,12H2,1-4H3,(H,23,28). The summed E-state index contributed by atoms with van der Waals surface area (Å²) in [5.41, 5.74) is 0.175. The first-order valence-corrected chi connectivity index (χ1v) is 11.4. The van der Waals surface area contributed by atoms with Crippen molar-refractivity contribution in [1.82, 2.24) is 19.1 Å². The molecule has 33 heavy (non-hydrogen) atoms. The van der Waals surface area contributed by atoms with Crippen molar-refractivity contribution in [2.75, 3.05) is 17.7 Å². The molecule has 0 saturated heterocycles. The van der Waals surface area contributed by atoms with E-state index in [0.717, 1.165) is 22.7 Å². The molecule has 1 amide bonds. The maximum absolute atomic E-state index is 12.8. The van der Waals surface area contributed by atoms with Crippen molar-refractivity contribution in [2.45, 2.75) is 31.7 Å². The van der Waals surface area contributed by atoms with Gasteiger partial charge in [0.1, 0.15) is 16.2 Å². The number of esters is 1. The van der Waals surface area contributed by atoms with E-state index >= 15 is 0 Å². The molecule has 0 unspecified atom stereocenters. The number of aryl methyl sites for hydroxylation is 2. The van der Waals surface area contributed by atoms with Gasteiger partial charge < -0.3 is 10.1 Å². The summed E-state index contributed by atoms with van der Waals surface area (Å²) in [4.78, 5) is 58.3. The number of hydrogen-bond donors (Lipinski definition) is 1. The van der Waals surface area contributed by atoms with Crippen LogP contribution in [-0.4, -0.2) is 43.3 Å². The number of amides is 1. The molecule has 174 valence electrons. The maximum Gasteiger partial charge on any atom is 0.338 e. The van der Waals surface area contributed by atoms with E-state index in [4.69, 9.17) is 4.74 Å². The van der Waals surface area contributed by atoms with Crippen LogP contribution in [0.2, 0.25) is 0 Å². The smallest absolute Gasteiger partial charge is 0.338 e. The van der Waals surface area contributed by atoms with E-state index in [9.17, 15) is 19.2 Å². The molecule has 3 aromatic rings. The minimum atomic E-state index is -0.506. The second kappa shape index (κ2) is 10.4. The average molecular weight is 472 g/mol. The average Bonchev–Trinajstić information content (AvgIpc) is 2.80. The third-order valence-corrected chi connectivity index (χ3v) is 5.78. The molecule has 0 atom stereocenters. The molecule has 0 saturated carbocycles. The highest BCUT2D eigenvalue weighted by Gasteiger charge is 2.18. The molecule has 0 radical (unpaired) electrons. The van der Waals surface area contributed by atoms with Crippen molar-refractivity contribution in [3.8, 4) is 0 Å². The van der Waals surface area contributed by atoms with Gasteiger partial charge in [-0.25, -0.2) is 19.6 Å². The van der Waals surface area contributed by atoms with Crippen LogP contribution in [0.5, 0.6) is 0 Å². The number of nitrogens with zero attached hydrogens (tertiary/aromatic N) is 4. The van der Waals surface area contributed by atoms with Crippen LogP contribution in [0.4, 0.5) is 5.69 Å². The Bertz CT molecular complexity index is 1310. The first-order chi connectivity index (χ1) is 15.8. The molecular formula is C22H25N5O5S. The van der Waals surface area contributed by atoms with Crippen molar-refractivity contribution in [3.63, 3.8) is 0 Å². The van der Waals surface area contributed by atoms with Gasteiger partial charge in [0, 0.05) is 26.2 Å². The SMILES string of the molecule is CCCc1nc(SCC(=O)Nc2ccc(C(=O)OCC)cc2)c2c(=O)n(C)c(=O)n(C)c2n1.